The average molecular weight is 330 g/mol. The van der Waals surface area contributed by atoms with E-state index >= 15 is 0 Å². The van der Waals surface area contributed by atoms with Gasteiger partial charge in [0.2, 0.25) is 0 Å². The van der Waals surface area contributed by atoms with Crippen molar-refractivity contribution in [3.05, 3.63) is 40.3 Å². The van der Waals surface area contributed by atoms with Crippen LogP contribution in [0.2, 0.25) is 0 Å². The van der Waals surface area contributed by atoms with E-state index in [4.69, 9.17) is 4.74 Å². The highest BCUT2D eigenvalue weighted by atomic mass is 32.2. The smallest absolute Gasteiger partial charge is 0.289 e. The van der Waals surface area contributed by atoms with Crippen molar-refractivity contribution in [2.45, 2.75) is 30.2 Å². The molecule has 0 unspecified atom stereocenters. The summed E-state index contributed by atoms with van der Waals surface area (Å²) in [6.45, 7) is 2.68. The molecular weight excluding hydrogens is 314 g/mol. The number of ether oxygens (including phenoxy) is 1. The minimum atomic E-state index is -2.45. The highest BCUT2D eigenvalue weighted by molar-refractivity contribution is 7.99. The first-order valence-corrected chi connectivity index (χ1v) is 8.15. The second kappa shape index (κ2) is 7.72. The maximum Gasteiger partial charge on any atom is 0.289 e. The van der Waals surface area contributed by atoms with Gasteiger partial charge < -0.3 is 10.1 Å². The Kier molecular flexibility index (Phi) is 5.96. The topological polar surface area (TPSA) is 34.1 Å². The Balaban J connectivity index is 2.05. The number of hydrogen-bond donors (Lipinski definition) is 1. The van der Waals surface area contributed by atoms with Gasteiger partial charge in [0, 0.05) is 18.0 Å². The molecule has 0 amide bonds. The summed E-state index contributed by atoms with van der Waals surface area (Å²) in [5.41, 5.74) is 3.77. The predicted molar refractivity (Wildman–Crippen MR) is 82.2 cm³/mol. The van der Waals surface area contributed by atoms with E-state index in [-0.39, 0.29) is 6.04 Å². The quantitative estimate of drug-likeness (QED) is 0.767. The molecule has 0 saturated heterocycles. The lowest BCUT2D eigenvalue weighted by molar-refractivity contribution is 0.251. The Morgan fingerprint density at radius 1 is 1.43 bits per heavy atom. The highest BCUT2D eigenvalue weighted by Crippen LogP contribution is 2.35. The van der Waals surface area contributed by atoms with Gasteiger partial charge in [-0.05, 0) is 24.6 Å². The molecule has 7 heteroatoms. The van der Waals surface area contributed by atoms with E-state index in [0.717, 1.165) is 11.3 Å². The van der Waals surface area contributed by atoms with Crippen molar-refractivity contribution in [1.82, 2.24) is 10.3 Å². The molecule has 3 nitrogen and oxygen atoms in total. The van der Waals surface area contributed by atoms with Gasteiger partial charge >= 0.3 is 0 Å². The van der Waals surface area contributed by atoms with Crippen molar-refractivity contribution in [3.63, 3.8) is 0 Å². The van der Waals surface area contributed by atoms with Crippen LogP contribution < -0.4 is 10.1 Å². The Morgan fingerprint density at radius 2 is 2.24 bits per heavy atom. The molecule has 2 rings (SSSR count). The standard InChI is InChI=1S/C14H16F2N2OS2/c1-9(17-6-11-7-20-8-18-11)10-3-4-13(21-14(15)16)12(5-10)19-2/h3-5,7-9,14,17H,6H2,1-2H3/t9-/m0/s1. The van der Waals surface area contributed by atoms with Crippen molar-refractivity contribution in [2.75, 3.05) is 7.11 Å². The number of methoxy groups -OCH3 is 1. The monoisotopic (exact) mass is 330 g/mol. The number of benzene rings is 1. The average Bonchev–Trinajstić information content (AvgIpc) is 2.98. The lowest BCUT2D eigenvalue weighted by Gasteiger charge is -2.16. The number of aromatic nitrogens is 1. The molecule has 0 fully saturated rings. The van der Waals surface area contributed by atoms with Crippen molar-refractivity contribution >= 4 is 23.1 Å². The second-order valence-electron chi connectivity index (χ2n) is 4.37. The summed E-state index contributed by atoms with van der Waals surface area (Å²) in [4.78, 5) is 4.65. The number of nitrogens with zero attached hydrogens (tertiary/aromatic N) is 1. The molecule has 1 aromatic heterocycles. The third-order valence-electron chi connectivity index (χ3n) is 2.98. The van der Waals surface area contributed by atoms with E-state index in [0.29, 0.717) is 29.0 Å². The molecule has 114 valence electrons. The molecule has 1 aromatic carbocycles. The van der Waals surface area contributed by atoms with E-state index in [9.17, 15) is 8.78 Å². The van der Waals surface area contributed by atoms with Gasteiger partial charge in [-0.3, -0.25) is 0 Å². The normalized spacial score (nSPS) is 12.6. The fourth-order valence-electron chi connectivity index (χ4n) is 1.85. The number of thiazole rings is 1. The molecule has 21 heavy (non-hydrogen) atoms. The number of thioether (sulfide) groups is 1. The van der Waals surface area contributed by atoms with E-state index in [2.05, 4.69) is 10.3 Å². The van der Waals surface area contributed by atoms with Crippen LogP contribution in [0.4, 0.5) is 8.78 Å². The first-order chi connectivity index (χ1) is 10.1. The molecule has 1 heterocycles. The van der Waals surface area contributed by atoms with Crippen LogP contribution in [-0.2, 0) is 6.54 Å². The summed E-state index contributed by atoms with van der Waals surface area (Å²) < 4.78 is 30.1. The first-order valence-electron chi connectivity index (χ1n) is 6.33. The SMILES string of the molecule is COc1cc([C@H](C)NCc2cscn2)ccc1SC(F)F. The van der Waals surface area contributed by atoms with Crippen LogP contribution in [0, 0.1) is 0 Å². The second-order valence-corrected chi connectivity index (χ2v) is 6.12. The largest absolute Gasteiger partial charge is 0.496 e. The summed E-state index contributed by atoms with van der Waals surface area (Å²) in [6, 6.07) is 5.38. The molecule has 0 spiro atoms. The summed E-state index contributed by atoms with van der Waals surface area (Å²) in [5.74, 6) is -1.98. The Labute approximate surface area is 130 Å². The van der Waals surface area contributed by atoms with Crippen LogP contribution in [0.15, 0.2) is 34.0 Å². The minimum absolute atomic E-state index is 0.0752. The van der Waals surface area contributed by atoms with Crippen LogP contribution >= 0.6 is 23.1 Å². The van der Waals surface area contributed by atoms with Gasteiger partial charge in [-0.25, -0.2) is 4.98 Å². The first kappa shape index (κ1) is 16.2. The summed E-state index contributed by atoms with van der Waals surface area (Å²) >= 11 is 2.05. The molecule has 2 aromatic rings. The third kappa shape index (κ3) is 4.66. The van der Waals surface area contributed by atoms with Gasteiger partial charge in [0.15, 0.2) is 0 Å². The molecule has 0 aliphatic heterocycles. The lowest BCUT2D eigenvalue weighted by Crippen LogP contribution is -2.18. The molecule has 1 atom stereocenters. The number of rotatable bonds is 7. The number of halogens is 2. The maximum atomic E-state index is 12.5. The van der Waals surface area contributed by atoms with E-state index in [1.54, 1.807) is 29.0 Å². The summed E-state index contributed by atoms with van der Waals surface area (Å²) in [5, 5.41) is 5.34. The van der Waals surface area contributed by atoms with E-state index < -0.39 is 5.76 Å². The highest BCUT2D eigenvalue weighted by Gasteiger charge is 2.13. The zero-order chi connectivity index (χ0) is 15.2. The van der Waals surface area contributed by atoms with Crippen molar-refractivity contribution in [1.29, 1.82) is 0 Å². The molecule has 0 aliphatic rings. The number of nitrogens with one attached hydrogen (secondary N) is 1. The van der Waals surface area contributed by atoms with Crippen molar-refractivity contribution in [3.8, 4) is 5.75 Å². The molecule has 0 aliphatic carbocycles. The summed E-state index contributed by atoms with van der Waals surface area (Å²) in [7, 11) is 1.49. The van der Waals surface area contributed by atoms with Gasteiger partial charge in [-0.15, -0.1) is 11.3 Å². The van der Waals surface area contributed by atoms with Crippen LogP contribution in [-0.4, -0.2) is 17.9 Å². The fraction of sp³-hybridized carbons (Fsp3) is 0.357. The van der Waals surface area contributed by atoms with Crippen LogP contribution in [0.25, 0.3) is 0 Å². The molecular formula is C14H16F2N2OS2. The summed E-state index contributed by atoms with van der Waals surface area (Å²) in [6.07, 6.45) is 0. The molecule has 0 saturated carbocycles. The van der Waals surface area contributed by atoms with Gasteiger partial charge in [0.05, 0.1) is 23.2 Å². The third-order valence-corrected chi connectivity index (χ3v) is 4.38. The van der Waals surface area contributed by atoms with Crippen molar-refractivity contribution < 1.29 is 13.5 Å². The Hall–Kier alpha value is -1.18. The van der Waals surface area contributed by atoms with Crippen LogP contribution in [0.3, 0.4) is 0 Å². The van der Waals surface area contributed by atoms with E-state index in [1.807, 2.05) is 18.4 Å². The van der Waals surface area contributed by atoms with Crippen molar-refractivity contribution in [2.24, 2.45) is 0 Å². The fourth-order valence-corrected chi connectivity index (χ4v) is 3.00. The van der Waals surface area contributed by atoms with Gasteiger partial charge in [0.25, 0.3) is 5.76 Å². The maximum absolute atomic E-state index is 12.5. The zero-order valence-corrected chi connectivity index (χ0v) is 13.3. The van der Waals surface area contributed by atoms with Gasteiger partial charge in [0.1, 0.15) is 5.75 Å². The Morgan fingerprint density at radius 3 is 2.86 bits per heavy atom. The number of hydrogen-bond acceptors (Lipinski definition) is 5. The molecule has 0 radical (unpaired) electrons. The lowest BCUT2D eigenvalue weighted by atomic mass is 10.1. The molecule has 1 N–H and O–H groups in total. The zero-order valence-electron chi connectivity index (χ0n) is 11.7. The van der Waals surface area contributed by atoms with Gasteiger partial charge in [-0.1, -0.05) is 17.8 Å². The predicted octanol–water partition coefficient (Wildman–Crippen LogP) is 4.32. The van der Waals surface area contributed by atoms with Crippen LogP contribution in [0.5, 0.6) is 5.75 Å². The molecule has 0 bridgehead atoms. The van der Waals surface area contributed by atoms with Crippen LogP contribution in [0.1, 0.15) is 24.2 Å². The minimum Gasteiger partial charge on any atom is -0.496 e. The van der Waals surface area contributed by atoms with E-state index in [1.165, 1.54) is 7.11 Å². The Bertz CT molecular complexity index is 564. The van der Waals surface area contributed by atoms with Gasteiger partial charge in [-0.2, -0.15) is 8.78 Å². The number of alkyl halides is 2.